The molecule has 3 aromatic rings. The Kier molecular flexibility index (Phi) is 3.06. The van der Waals surface area contributed by atoms with Crippen LogP contribution in [0, 0.1) is 0 Å². The number of rotatable bonds is 4. The molecule has 20 heavy (non-hydrogen) atoms. The van der Waals surface area contributed by atoms with E-state index in [0.717, 1.165) is 12.6 Å². The molecule has 1 N–H and O–H groups in total. The largest absolute Gasteiger partial charge is 0.310 e. The minimum atomic E-state index is 0.763. The summed E-state index contributed by atoms with van der Waals surface area (Å²) in [5, 5.41) is 7.10. The second kappa shape index (κ2) is 5.04. The first kappa shape index (κ1) is 12.1. The summed E-state index contributed by atoms with van der Waals surface area (Å²) in [6, 6.07) is 18.5. The van der Waals surface area contributed by atoms with Gasteiger partial charge in [-0.05, 0) is 52.4 Å². The van der Waals surface area contributed by atoms with E-state index in [1.807, 2.05) is 11.3 Å². The Balaban J connectivity index is 1.70. The van der Waals surface area contributed by atoms with Crippen LogP contribution in [0.5, 0.6) is 0 Å². The van der Waals surface area contributed by atoms with Crippen molar-refractivity contribution in [2.24, 2.45) is 0 Å². The molecule has 0 aliphatic heterocycles. The summed E-state index contributed by atoms with van der Waals surface area (Å²) in [4.78, 5) is 0. The number of nitrogens with one attached hydrogen (secondary N) is 1. The van der Waals surface area contributed by atoms with E-state index in [2.05, 4.69) is 59.2 Å². The molecule has 4 rings (SSSR count). The van der Waals surface area contributed by atoms with Crippen LogP contribution in [0.25, 0.3) is 21.2 Å². The normalized spacial score (nSPS) is 14.8. The molecule has 1 aromatic heterocycles. The predicted octanol–water partition coefficient (Wildman–Crippen LogP) is 4.82. The lowest BCUT2D eigenvalue weighted by Crippen LogP contribution is -2.15. The van der Waals surface area contributed by atoms with Crippen LogP contribution in [0.2, 0.25) is 0 Å². The summed E-state index contributed by atoms with van der Waals surface area (Å²) in [7, 11) is 0. The summed E-state index contributed by atoms with van der Waals surface area (Å²) in [6.07, 6.45) is 2.68. The van der Waals surface area contributed by atoms with Crippen LogP contribution >= 0.6 is 11.3 Å². The molecule has 2 heteroatoms. The minimum absolute atomic E-state index is 0.763. The molecule has 1 saturated carbocycles. The maximum atomic E-state index is 3.59. The van der Waals surface area contributed by atoms with Crippen molar-refractivity contribution in [3.63, 3.8) is 0 Å². The number of benzene rings is 2. The Hall–Kier alpha value is -1.64. The Bertz CT molecular complexity index is 740. The molecule has 0 unspecified atom stereocenters. The van der Waals surface area contributed by atoms with Gasteiger partial charge in [-0.3, -0.25) is 0 Å². The first-order chi connectivity index (χ1) is 9.90. The monoisotopic (exact) mass is 279 g/mol. The Morgan fingerprint density at radius 3 is 2.85 bits per heavy atom. The fraction of sp³-hybridized carbons (Fsp3) is 0.222. The van der Waals surface area contributed by atoms with Gasteiger partial charge in [0.2, 0.25) is 0 Å². The van der Waals surface area contributed by atoms with E-state index in [1.54, 1.807) is 0 Å². The van der Waals surface area contributed by atoms with Crippen molar-refractivity contribution in [1.29, 1.82) is 0 Å². The van der Waals surface area contributed by atoms with Gasteiger partial charge in [0.05, 0.1) is 0 Å². The van der Waals surface area contributed by atoms with Crippen LogP contribution in [0.15, 0.2) is 53.9 Å². The van der Waals surface area contributed by atoms with E-state index < -0.39 is 0 Å². The van der Waals surface area contributed by atoms with Gasteiger partial charge >= 0.3 is 0 Å². The maximum Gasteiger partial charge on any atom is 0.0421 e. The van der Waals surface area contributed by atoms with Gasteiger partial charge in [0.15, 0.2) is 0 Å². The number of hydrogen-bond acceptors (Lipinski definition) is 2. The molecule has 1 aliphatic rings. The third-order valence-corrected chi connectivity index (χ3v) is 4.85. The fourth-order valence-corrected chi connectivity index (χ4v) is 3.55. The molecule has 1 nitrogen and oxygen atoms in total. The van der Waals surface area contributed by atoms with Crippen LogP contribution in [0.3, 0.4) is 0 Å². The number of thiophene rings is 1. The lowest BCUT2D eigenvalue weighted by Gasteiger charge is -2.07. The summed E-state index contributed by atoms with van der Waals surface area (Å²) in [5.74, 6) is 0. The van der Waals surface area contributed by atoms with Crippen molar-refractivity contribution in [2.45, 2.75) is 25.4 Å². The molecule has 1 heterocycles. The first-order valence-corrected chi connectivity index (χ1v) is 8.07. The first-order valence-electron chi connectivity index (χ1n) is 7.19. The quantitative estimate of drug-likeness (QED) is 0.722. The predicted molar refractivity (Wildman–Crippen MR) is 87.1 cm³/mol. The van der Waals surface area contributed by atoms with Crippen molar-refractivity contribution in [3.8, 4) is 11.1 Å². The highest BCUT2D eigenvalue weighted by Gasteiger charge is 2.19. The molecule has 0 amide bonds. The highest BCUT2D eigenvalue weighted by molar-refractivity contribution is 7.17. The Morgan fingerprint density at radius 1 is 1.05 bits per heavy atom. The average Bonchev–Trinajstić information content (AvgIpc) is 3.20. The van der Waals surface area contributed by atoms with Gasteiger partial charge in [-0.15, -0.1) is 11.3 Å². The van der Waals surface area contributed by atoms with Gasteiger partial charge in [0.1, 0.15) is 0 Å². The highest BCUT2D eigenvalue weighted by Crippen LogP contribution is 2.32. The standard InChI is InChI=1S/C18H17NS/c1-3-13(12-19-16-7-8-16)11-15(5-1)17-6-2-4-14-9-10-20-18(14)17/h1-6,9-11,16,19H,7-8,12H2. The van der Waals surface area contributed by atoms with E-state index in [4.69, 9.17) is 0 Å². The molecule has 1 aliphatic carbocycles. The van der Waals surface area contributed by atoms with Gasteiger partial charge in [-0.1, -0.05) is 36.4 Å². The second-order valence-electron chi connectivity index (χ2n) is 5.50. The van der Waals surface area contributed by atoms with Gasteiger partial charge < -0.3 is 5.32 Å². The molecule has 0 spiro atoms. The van der Waals surface area contributed by atoms with Crippen LogP contribution in [0.1, 0.15) is 18.4 Å². The van der Waals surface area contributed by atoms with Gasteiger partial charge in [0, 0.05) is 17.3 Å². The van der Waals surface area contributed by atoms with Crippen LogP contribution in [-0.4, -0.2) is 6.04 Å². The van der Waals surface area contributed by atoms with Crippen molar-refractivity contribution >= 4 is 21.4 Å². The summed E-state index contributed by atoms with van der Waals surface area (Å²) >= 11 is 1.83. The average molecular weight is 279 g/mol. The molecule has 1 fully saturated rings. The fourth-order valence-electron chi connectivity index (χ4n) is 2.62. The minimum Gasteiger partial charge on any atom is -0.310 e. The Morgan fingerprint density at radius 2 is 1.95 bits per heavy atom. The zero-order valence-electron chi connectivity index (χ0n) is 11.3. The van der Waals surface area contributed by atoms with Crippen LogP contribution < -0.4 is 5.32 Å². The molecule has 0 saturated heterocycles. The molecule has 0 bridgehead atoms. The van der Waals surface area contributed by atoms with Gasteiger partial charge in [0.25, 0.3) is 0 Å². The lowest BCUT2D eigenvalue weighted by molar-refractivity contribution is 0.688. The molecule has 100 valence electrons. The maximum absolute atomic E-state index is 3.59. The van der Waals surface area contributed by atoms with Gasteiger partial charge in [-0.2, -0.15) is 0 Å². The summed E-state index contributed by atoms with van der Waals surface area (Å²) in [6.45, 7) is 0.985. The lowest BCUT2D eigenvalue weighted by atomic mass is 10.0. The molecule has 2 aromatic carbocycles. The summed E-state index contributed by atoms with van der Waals surface area (Å²) < 4.78 is 1.39. The smallest absolute Gasteiger partial charge is 0.0421 e. The SMILES string of the molecule is c1cc(CNC2CC2)cc(-c2cccc3ccsc23)c1. The van der Waals surface area contributed by atoms with Crippen molar-refractivity contribution in [3.05, 3.63) is 59.5 Å². The van der Waals surface area contributed by atoms with Crippen LogP contribution in [0.4, 0.5) is 0 Å². The number of hydrogen-bond donors (Lipinski definition) is 1. The third-order valence-electron chi connectivity index (χ3n) is 3.89. The van der Waals surface area contributed by atoms with E-state index in [0.29, 0.717) is 0 Å². The van der Waals surface area contributed by atoms with Crippen molar-refractivity contribution in [1.82, 2.24) is 5.32 Å². The third kappa shape index (κ3) is 2.37. The zero-order chi connectivity index (χ0) is 13.4. The summed E-state index contributed by atoms with van der Waals surface area (Å²) in [5.41, 5.74) is 4.06. The highest BCUT2D eigenvalue weighted by atomic mass is 32.1. The van der Waals surface area contributed by atoms with E-state index in [-0.39, 0.29) is 0 Å². The molecule has 0 atom stereocenters. The van der Waals surface area contributed by atoms with Gasteiger partial charge in [-0.25, -0.2) is 0 Å². The second-order valence-corrected chi connectivity index (χ2v) is 6.42. The number of fused-ring (bicyclic) bond motifs is 1. The van der Waals surface area contributed by atoms with E-state index in [1.165, 1.54) is 39.6 Å². The topological polar surface area (TPSA) is 12.0 Å². The molecular weight excluding hydrogens is 262 g/mol. The van der Waals surface area contributed by atoms with E-state index in [9.17, 15) is 0 Å². The molecule has 0 radical (unpaired) electrons. The molecular formula is C18H17NS. The van der Waals surface area contributed by atoms with Crippen molar-refractivity contribution in [2.75, 3.05) is 0 Å². The zero-order valence-corrected chi connectivity index (χ0v) is 12.1. The van der Waals surface area contributed by atoms with E-state index >= 15 is 0 Å². The Labute approximate surface area is 123 Å². The van der Waals surface area contributed by atoms with Crippen molar-refractivity contribution < 1.29 is 0 Å². The van der Waals surface area contributed by atoms with Crippen LogP contribution in [-0.2, 0) is 6.54 Å².